The van der Waals surface area contributed by atoms with Crippen molar-refractivity contribution in [1.82, 2.24) is 9.97 Å². The summed E-state index contributed by atoms with van der Waals surface area (Å²) >= 11 is 0. The SMILES string of the molecule is CCOC(=O)c1c(C)oc2nc(COC(=O)CCOc3ccc(OCC)cc3)nc(N)c12. The van der Waals surface area contributed by atoms with Crippen molar-refractivity contribution in [2.45, 2.75) is 33.8 Å². The van der Waals surface area contributed by atoms with Crippen molar-refractivity contribution in [2.24, 2.45) is 0 Å². The zero-order chi connectivity index (χ0) is 23.1. The van der Waals surface area contributed by atoms with Crippen molar-refractivity contribution in [1.29, 1.82) is 0 Å². The lowest BCUT2D eigenvalue weighted by Crippen LogP contribution is -2.12. The number of fused-ring (bicyclic) bond motifs is 1. The molecule has 0 saturated heterocycles. The van der Waals surface area contributed by atoms with Crippen LogP contribution in [0.5, 0.6) is 11.5 Å². The summed E-state index contributed by atoms with van der Waals surface area (Å²) in [6, 6.07) is 7.10. The Hall–Kier alpha value is -3.82. The Labute approximate surface area is 184 Å². The molecule has 1 aromatic carbocycles. The van der Waals surface area contributed by atoms with Gasteiger partial charge in [0.05, 0.1) is 31.6 Å². The third-order valence-electron chi connectivity index (χ3n) is 4.35. The molecule has 2 heterocycles. The number of ether oxygens (including phenoxy) is 4. The molecule has 0 saturated carbocycles. The number of nitrogen functional groups attached to an aromatic ring is 1. The number of hydrogen-bond acceptors (Lipinski definition) is 10. The van der Waals surface area contributed by atoms with E-state index in [4.69, 9.17) is 29.1 Å². The van der Waals surface area contributed by atoms with E-state index in [2.05, 4.69) is 9.97 Å². The molecule has 10 nitrogen and oxygen atoms in total. The molecule has 0 aliphatic rings. The van der Waals surface area contributed by atoms with E-state index in [-0.39, 0.29) is 54.5 Å². The van der Waals surface area contributed by atoms with Crippen LogP contribution in [0.15, 0.2) is 28.7 Å². The van der Waals surface area contributed by atoms with Crippen LogP contribution in [0.2, 0.25) is 0 Å². The first kappa shape index (κ1) is 22.9. The fourth-order valence-electron chi connectivity index (χ4n) is 2.97. The minimum absolute atomic E-state index is 0.0395. The molecule has 0 spiro atoms. The van der Waals surface area contributed by atoms with Gasteiger partial charge in [-0.25, -0.2) is 9.78 Å². The smallest absolute Gasteiger partial charge is 0.342 e. The van der Waals surface area contributed by atoms with Gasteiger partial charge in [-0.15, -0.1) is 0 Å². The van der Waals surface area contributed by atoms with Gasteiger partial charge in [-0.05, 0) is 45.0 Å². The molecule has 10 heteroatoms. The van der Waals surface area contributed by atoms with E-state index < -0.39 is 11.9 Å². The van der Waals surface area contributed by atoms with Crippen LogP contribution in [-0.2, 0) is 20.9 Å². The number of benzene rings is 1. The maximum Gasteiger partial charge on any atom is 0.342 e. The minimum atomic E-state index is -0.564. The Balaban J connectivity index is 1.55. The molecule has 3 aromatic rings. The highest BCUT2D eigenvalue weighted by Gasteiger charge is 2.24. The van der Waals surface area contributed by atoms with E-state index in [9.17, 15) is 9.59 Å². The van der Waals surface area contributed by atoms with Crippen molar-refractivity contribution in [3.8, 4) is 11.5 Å². The standard InChI is InChI=1S/C22H25N3O7/c1-4-28-14-6-8-15(9-7-14)30-11-10-17(26)31-12-16-24-20(23)19-18(22(27)29-5-2)13(3)32-21(19)25-16/h6-9H,4-5,10-12H2,1-3H3,(H2,23,24,25). The van der Waals surface area contributed by atoms with E-state index in [0.717, 1.165) is 5.75 Å². The van der Waals surface area contributed by atoms with Crippen LogP contribution in [0.4, 0.5) is 5.82 Å². The Morgan fingerprint density at radius 3 is 2.34 bits per heavy atom. The first-order valence-electron chi connectivity index (χ1n) is 10.2. The van der Waals surface area contributed by atoms with Crippen LogP contribution in [0, 0.1) is 6.92 Å². The second kappa shape index (κ2) is 10.5. The predicted molar refractivity (Wildman–Crippen MR) is 114 cm³/mol. The van der Waals surface area contributed by atoms with Gasteiger partial charge in [-0.3, -0.25) is 4.79 Å². The minimum Gasteiger partial charge on any atom is -0.494 e. The first-order valence-corrected chi connectivity index (χ1v) is 10.2. The predicted octanol–water partition coefficient (Wildman–Crippen LogP) is 3.20. The Bertz CT molecular complexity index is 1090. The molecule has 0 amide bonds. The first-order chi connectivity index (χ1) is 15.4. The van der Waals surface area contributed by atoms with E-state index in [0.29, 0.717) is 18.1 Å². The second-order valence-corrected chi connectivity index (χ2v) is 6.62. The molecule has 0 radical (unpaired) electrons. The molecule has 32 heavy (non-hydrogen) atoms. The van der Waals surface area contributed by atoms with Gasteiger partial charge in [0, 0.05) is 0 Å². The van der Waals surface area contributed by atoms with Crippen LogP contribution in [0.25, 0.3) is 11.1 Å². The summed E-state index contributed by atoms with van der Waals surface area (Å²) in [5.41, 5.74) is 6.31. The third kappa shape index (κ3) is 5.45. The van der Waals surface area contributed by atoms with Crippen LogP contribution < -0.4 is 15.2 Å². The number of aryl methyl sites for hydroxylation is 1. The van der Waals surface area contributed by atoms with Gasteiger partial charge in [-0.2, -0.15) is 4.98 Å². The van der Waals surface area contributed by atoms with E-state index in [1.165, 1.54) is 0 Å². The Kier molecular flexibility index (Phi) is 7.48. The Morgan fingerprint density at radius 2 is 1.69 bits per heavy atom. The molecule has 0 fully saturated rings. The van der Waals surface area contributed by atoms with Crippen LogP contribution >= 0.6 is 0 Å². The fraction of sp³-hybridized carbons (Fsp3) is 0.364. The third-order valence-corrected chi connectivity index (χ3v) is 4.35. The highest BCUT2D eigenvalue weighted by molar-refractivity contribution is 6.07. The van der Waals surface area contributed by atoms with E-state index in [1.807, 2.05) is 6.92 Å². The zero-order valence-electron chi connectivity index (χ0n) is 18.2. The summed E-state index contributed by atoms with van der Waals surface area (Å²) in [4.78, 5) is 32.5. The van der Waals surface area contributed by atoms with Gasteiger partial charge in [-0.1, -0.05) is 0 Å². The number of anilines is 1. The normalized spacial score (nSPS) is 10.7. The number of nitrogens with two attached hydrogens (primary N) is 1. The summed E-state index contributed by atoms with van der Waals surface area (Å²) in [6.07, 6.45) is 0.0395. The lowest BCUT2D eigenvalue weighted by atomic mass is 10.2. The number of hydrogen-bond donors (Lipinski definition) is 1. The molecular formula is C22H25N3O7. The second-order valence-electron chi connectivity index (χ2n) is 6.62. The maximum atomic E-state index is 12.2. The average Bonchev–Trinajstić information content (AvgIpc) is 3.10. The number of carbonyl (C=O) groups is 2. The number of furan rings is 1. The lowest BCUT2D eigenvalue weighted by Gasteiger charge is -2.08. The molecule has 0 aliphatic heterocycles. The largest absolute Gasteiger partial charge is 0.494 e. The van der Waals surface area contributed by atoms with Gasteiger partial charge < -0.3 is 29.1 Å². The van der Waals surface area contributed by atoms with Crippen molar-refractivity contribution >= 4 is 28.9 Å². The summed E-state index contributed by atoms with van der Waals surface area (Å²) < 4.78 is 26.6. The number of nitrogens with zero attached hydrogens (tertiary/aromatic N) is 2. The van der Waals surface area contributed by atoms with Crippen LogP contribution in [0.1, 0.15) is 42.2 Å². The quantitative estimate of drug-likeness (QED) is 0.465. The van der Waals surface area contributed by atoms with Crippen molar-refractivity contribution in [3.05, 3.63) is 41.4 Å². The fourth-order valence-corrected chi connectivity index (χ4v) is 2.97. The summed E-state index contributed by atoms with van der Waals surface area (Å²) in [5, 5.41) is 0.278. The molecule has 170 valence electrons. The van der Waals surface area contributed by atoms with Crippen molar-refractivity contribution in [3.63, 3.8) is 0 Å². The number of esters is 2. The highest BCUT2D eigenvalue weighted by atomic mass is 16.5. The summed E-state index contributed by atoms with van der Waals surface area (Å²) in [5.74, 6) is 0.830. The Morgan fingerprint density at radius 1 is 1.00 bits per heavy atom. The van der Waals surface area contributed by atoms with Crippen molar-refractivity contribution < 1.29 is 33.0 Å². The van der Waals surface area contributed by atoms with Crippen molar-refractivity contribution in [2.75, 3.05) is 25.6 Å². The number of rotatable bonds is 10. The van der Waals surface area contributed by atoms with Gasteiger partial charge in [0.25, 0.3) is 0 Å². The summed E-state index contributed by atoms with van der Waals surface area (Å²) in [6.45, 7) is 5.96. The molecule has 0 bridgehead atoms. The van der Waals surface area contributed by atoms with Crippen LogP contribution in [-0.4, -0.2) is 41.7 Å². The van der Waals surface area contributed by atoms with Gasteiger partial charge in [0.1, 0.15) is 28.6 Å². The zero-order valence-corrected chi connectivity index (χ0v) is 18.2. The monoisotopic (exact) mass is 443 g/mol. The van der Waals surface area contributed by atoms with E-state index in [1.54, 1.807) is 38.1 Å². The number of carbonyl (C=O) groups excluding carboxylic acids is 2. The van der Waals surface area contributed by atoms with Crippen LogP contribution in [0.3, 0.4) is 0 Å². The number of aromatic nitrogens is 2. The molecular weight excluding hydrogens is 418 g/mol. The molecule has 0 unspecified atom stereocenters. The molecule has 2 N–H and O–H groups in total. The summed E-state index contributed by atoms with van der Waals surface area (Å²) in [7, 11) is 0. The average molecular weight is 443 g/mol. The van der Waals surface area contributed by atoms with E-state index >= 15 is 0 Å². The molecule has 0 aliphatic carbocycles. The molecule has 2 aromatic heterocycles. The molecule has 3 rings (SSSR count). The molecule has 0 atom stereocenters. The maximum absolute atomic E-state index is 12.2. The van der Waals surface area contributed by atoms with Gasteiger partial charge in [0.15, 0.2) is 12.4 Å². The topological polar surface area (TPSA) is 136 Å². The lowest BCUT2D eigenvalue weighted by molar-refractivity contribution is -0.145. The van der Waals surface area contributed by atoms with Gasteiger partial charge in [0.2, 0.25) is 5.71 Å². The highest BCUT2D eigenvalue weighted by Crippen LogP contribution is 2.29. The van der Waals surface area contributed by atoms with Gasteiger partial charge >= 0.3 is 11.9 Å².